The first kappa shape index (κ1) is 32.4. The minimum Gasteiger partial charge on any atom is -0.456 e. The Morgan fingerprint density at radius 2 is 0.966 bits per heavy atom. The van der Waals surface area contributed by atoms with Crippen molar-refractivity contribution in [1.82, 2.24) is 0 Å². The summed E-state index contributed by atoms with van der Waals surface area (Å²) >= 11 is 0. The molecule has 2 aliphatic rings. The van der Waals surface area contributed by atoms with Gasteiger partial charge in [0.1, 0.15) is 11.2 Å². The maximum Gasteiger partial charge on any atom is 0.137 e. The number of furan rings is 1. The van der Waals surface area contributed by atoms with Crippen molar-refractivity contribution in [2.45, 2.75) is 5.41 Å². The predicted octanol–water partition coefficient (Wildman–Crippen LogP) is 15.4. The molecule has 59 heavy (non-hydrogen) atoms. The maximum atomic E-state index is 6.49. The molecule has 1 spiro atoms. The summed E-state index contributed by atoms with van der Waals surface area (Å²) in [5.41, 5.74) is 17.2. The number of anilines is 3. The van der Waals surface area contributed by atoms with Gasteiger partial charge in [0, 0.05) is 33.6 Å². The lowest BCUT2D eigenvalue weighted by atomic mass is 9.55. The number of para-hydroxylation sites is 2. The van der Waals surface area contributed by atoms with Crippen LogP contribution >= 0.6 is 0 Å². The van der Waals surface area contributed by atoms with E-state index in [0.29, 0.717) is 0 Å². The second-order valence-corrected chi connectivity index (χ2v) is 15.9. The summed E-state index contributed by atoms with van der Waals surface area (Å²) in [6.07, 6.45) is 0. The highest BCUT2D eigenvalue weighted by Gasteiger charge is 2.48. The molecule has 0 amide bonds. The van der Waals surface area contributed by atoms with E-state index < -0.39 is 5.41 Å². The van der Waals surface area contributed by atoms with Gasteiger partial charge in [-0.15, -0.1) is 0 Å². The van der Waals surface area contributed by atoms with Crippen molar-refractivity contribution < 1.29 is 4.42 Å². The van der Waals surface area contributed by atoms with E-state index in [-0.39, 0.29) is 0 Å². The summed E-state index contributed by atoms with van der Waals surface area (Å²) < 4.78 is 6.49. The van der Waals surface area contributed by atoms with Crippen LogP contribution in [0.15, 0.2) is 217 Å². The number of fused-ring (bicyclic) bond motifs is 11. The van der Waals surface area contributed by atoms with Crippen molar-refractivity contribution in [3.63, 3.8) is 0 Å². The second kappa shape index (κ2) is 12.2. The largest absolute Gasteiger partial charge is 0.456 e. The monoisotopic (exact) mass is 749 g/mol. The Morgan fingerprint density at radius 1 is 0.339 bits per heavy atom. The molecule has 13 rings (SSSR count). The van der Waals surface area contributed by atoms with Gasteiger partial charge in [-0.05, 0) is 114 Å². The van der Waals surface area contributed by atoms with Crippen LogP contribution < -0.4 is 4.90 Å². The smallest absolute Gasteiger partial charge is 0.137 e. The average molecular weight is 750 g/mol. The summed E-state index contributed by atoms with van der Waals surface area (Å²) in [5, 5.41) is 7.32. The van der Waals surface area contributed by atoms with Gasteiger partial charge in [-0.3, -0.25) is 0 Å². The van der Waals surface area contributed by atoms with Crippen molar-refractivity contribution in [2.75, 3.05) is 4.90 Å². The molecule has 274 valence electrons. The minimum absolute atomic E-state index is 0.597. The third-order valence-electron chi connectivity index (χ3n) is 13.0. The number of benzene rings is 10. The van der Waals surface area contributed by atoms with Crippen molar-refractivity contribution in [3.05, 3.63) is 235 Å². The van der Waals surface area contributed by atoms with Crippen LogP contribution in [0.3, 0.4) is 0 Å². The maximum absolute atomic E-state index is 6.49. The molecule has 0 fully saturated rings. The predicted molar refractivity (Wildman–Crippen MR) is 245 cm³/mol. The van der Waals surface area contributed by atoms with Gasteiger partial charge < -0.3 is 9.32 Å². The van der Waals surface area contributed by atoms with Gasteiger partial charge in [-0.25, -0.2) is 0 Å². The first-order valence-electron chi connectivity index (χ1n) is 20.4. The summed E-state index contributed by atoms with van der Waals surface area (Å²) in [6, 6.07) is 78.3. The molecule has 1 unspecified atom stereocenters. The van der Waals surface area contributed by atoms with E-state index in [2.05, 4.69) is 211 Å². The minimum atomic E-state index is -0.597. The van der Waals surface area contributed by atoms with Crippen molar-refractivity contribution in [1.29, 1.82) is 0 Å². The molecule has 0 radical (unpaired) electrons. The summed E-state index contributed by atoms with van der Waals surface area (Å²) in [6.45, 7) is 0. The van der Waals surface area contributed by atoms with Crippen molar-refractivity contribution >= 4 is 60.5 Å². The highest BCUT2D eigenvalue weighted by Crippen LogP contribution is 2.62. The lowest BCUT2D eigenvalue weighted by molar-refractivity contribution is 0.669. The second-order valence-electron chi connectivity index (χ2n) is 15.9. The van der Waals surface area contributed by atoms with Crippen LogP contribution in [0.1, 0.15) is 22.3 Å². The first-order valence-corrected chi connectivity index (χ1v) is 20.4. The quantitative estimate of drug-likeness (QED) is 0.178. The Morgan fingerprint density at radius 3 is 1.85 bits per heavy atom. The summed E-state index contributed by atoms with van der Waals surface area (Å²) in [5.74, 6) is 0. The number of hydrogen-bond donors (Lipinski definition) is 0. The number of rotatable bonds is 4. The van der Waals surface area contributed by atoms with Crippen LogP contribution in [-0.2, 0) is 5.41 Å². The van der Waals surface area contributed by atoms with E-state index in [9.17, 15) is 0 Å². The zero-order chi connectivity index (χ0) is 38.7. The van der Waals surface area contributed by atoms with E-state index in [4.69, 9.17) is 4.42 Å². The Labute approximate surface area is 341 Å². The highest BCUT2D eigenvalue weighted by atomic mass is 16.3. The van der Waals surface area contributed by atoms with Gasteiger partial charge >= 0.3 is 0 Å². The molecular formula is C57H35NO. The van der Waals surface area contributed by atoms with Gasteiger partial charge in [0.05, 0.1) is 11.1 Å². The van der Waals surface area contributed by atoms with Crippen LogP contribution in [0, 0.1) is 0 Å². The van der Waals surface area contributed by atoms with Gasteiger partial charge in [0.25, 0.3) is 0 Å². The van der Waals surface area contributed by atoms with Crippen LogP contribution in [0.4, 0.5) is 17.1 Å². The normalized spacial score (nSPS) is 14.8. The zero-order valence-corrected chi connectivity index (χ0v) is 32.1. The third-order valence-corrected chi connectivity index (χ3v) is 13.0. The molecular weight excluding hydrogens is 715 g/mol. The van der Waals surface area contributed by atoms with E-state index in [1.165, 1.54) is 77.2 Å². The zero-order valence-electron chi connectivity index (χ0n) is 32.1. The molecule has 11 aromatic rings. The molecule has 0 saturated heterocycles. The van der Waals surface area contributed by atoms with Crippen LogP contribution in [-0.4, -0.2) is 0 Å². The Bertz CT molecular complexity index is 3500. The Balaban J connectivity index is 1.16. The van der Waals surface area contributed by atoms with Gasteiger partial charge in [-0.2, -0.15) is 0 Å². The van der Waals surface area contributed by atoms with E-state index in [1.807, 2.05) is 6.07 Å². The highest BCUT2D eigenvalue weighted by molar-refractivity contribution is 6.15. The van der Waals surface area contributed by atoms with Gasteiger partial charge in [-0.1, -0.05) is 164 Å². The lowest BCUT2D eigenvalue weighted by Crippen LogP contribution is -2.36. The van der Waals surface area contributed by atoms with E-state index >= 15 is 0 Å². The fraction of sp³-hybridized carbons (Fsp3) is 0.0175. The molecule has 1 atom stereocenters. The van der Waals surface area contributed by atoms with Crippen LogP contribution in [0.25, 0.3) is 76.9 Å². The Kier molecular flexibility index (Phi) is 6.68. The molecule has 2 heteroatoms. The van der Waals surface area contributed by atoms with E-state index in [0.717, 1.165) is 39.0 Å². The SMILES string of the molecule is c1ccc(-c2ccc3c(c2)C2(c4ccccc4-c4cccc5cccc2c45)c2cccc4c(N(c5ccccc5)c5ccc6c(c5)oc5ccccc56)ccc-3c24)cc1. The standard InChI is InChI=1S/C57H35NO/c1-3-14-36(15-4-1)38-28-30-42-46-32-33-52(58(39-18-5-2-6-19-39)40-29-31-44-43-21-8-10-27-53(43)59-54(44)35-40)47-23-13-26-50(56(46)47)57(51(42)34-38)48-24-9-7-20-41(48)45-22-11-16-37-17-12-25-49(57)55(37)45/h1-35H. The molecule has 1 heterocycles. The average Bonchev–Trinajstić information content (AvgIpc) is 3.68. The molecule has 2 nitrogen and oxygen atoms in total. The molecule has 0 bridgehead atoms. The van der Waals surface area contributed by atoms with Crippen LogP contribution in [0.2, 0.25) is 0 Å². The fourth-order valence-corrected chi connectivity index (χ4v) is 10.7. The third kappa shape index (κ3) is 4.40. The summed E-state index contributed by atoms with van der Waals surface area (Å²) in [7, 11) is 0. The van der Waals surface area contributed by atoms with Gasteiger partial charge in [0.15, 0.2) is 0 Å². The lowest BCUT2D eigenvalue weighted by Gasteiger charge is -2.46. The van der Waals surface area contributed by atoms with Gasteiger partial charge in [0.2, 0.25) is 0 Å². The molecule has 2 aliphatic carbocycles. The molecule has 0 saturated carbocycles. The fourth-order valence-electron chi connectivity index (χ4n) is 10.7. The topological polar surface area (TPSA) is 16.4 Å². The Hall–Kier alpha value is -7.68. The van der Waals surface area contributed by atoms with Crippen molar-refractivity contribution in [2.24, 2.45) is 0 Å². The number of nitrogens with zero attached hydrogens (tertiary/aromatic N) is 1. The van der Waals surface area contributed by atoms with E-state index in [1.54, 1.807) is 0 Å². The van der Waals surface area contributed by atoms with Crippen LogP contribution in [0.5, 0.6) is 0 Å². The molecule has 0 aliphatic heterocycles. The molecule has 1 aromatic heterocycles. The summed E-state index contributed by atoms with van der Waals surface area (Å²) in [4.78, 5) is 2.40. The van der Waals surface area contributed by atoms with Crippen molar-refractivity contribution in [3.8, 4) is 33.4 Å². The molecule has 0 N–H and O–H groups in total. The molecule has 10 aromatic carbocycles. The number of hydrogen-bond acceptors (Lipinski definition) is 2. The first-order chi connectivity index (χ1) is 29.3.